The lowest BCUT2D eigenvalue weighted by Gasteiger charge is -2.30. The Morgan fingerprint density at radius 1 is 1.25 bits per heavy atom. The molecule has 0 radical (unpaired) electrons. The number of halogens is 1. The molecule has 0 fully saturated rings. The van der Waals surface area contributed by atoms with Gasteiger partial charge in [-0.2, -0.15) is 0 Å². The normalized spacial score (nSPS) is 10.9. The van der Waals surface area contributed by atoms with Gasteiger partial charge in [-0.15, -0.1) is 0 Å². The van der Waals surface area contributed by atoms with Crippen LogP contribution in [0.2, 0.25) is 0 Å². The molecule has 20 heavy (non-hydrogen) atoms. The molecule has 0 saturated carbocycles. The Kier molecular flexibility index (Phi) is 7.06. The van der Waals surface area contributed by atoms with Gasteiger partial charge in [0.05, 0.1) is 6.61 Å². The van der Waals surface area contributed by atoms with Crippen molar-refractivity contribution in [1.82, 2.24) is 4.90 Å². The largest absolute Gasteiger partial charge is 0.494 e. The lowest BCUT2D eigenvalue weighted by molar-refractivity contribution is -0.135. The predicted molar refractivity (Wildman–Crippen MR) is 86.0 cm³/mol. The molecule has 0 saturated heterocycles. The second-order valence-corrected chi connectivity index (χ2v) is 6.31. The highest BCUT2D eigenvalue weighted by Gasteiger charge is 2.19. The molecule has 0 aliphatic carbocycles. The number of carbonyl (C=O) groups is 1. The summed E-state index contributed by atoms with van der Waals surface area (Å²) in [5.41, 5.74) is 0. The van der Waals surface area contributed by atoms with Crippen molar-refractivity contribution in [3.8, 4) is 5.75 Å². The number of hydrogen-bond donors (Lipinski definition) is 0. The van der Waals surface area contributed by atoms with Crippen molar-refractivity contribution in [2.24, 2.45) is 0 Å². The summed E-state index contributed by atoms with van der Waals surface area (Å²) >= 11 is 3.40. The zero-order valence-electron chi connectivity index (χ0n) is 12.7. The second-order valence-electron chi connectivity index (χ2n) is 5.40. The lowest BCUT2D eigenvalue weighted by Crippen LogP contribution is -2.42. The zero-order valence-corrected chi connectivity index (χ0v) is 14.3. The minimum Gasteiger partial charge on any atom is -0.494 e. The quantitative estimate of drug-likeness (QED) is 0.693. The summed E-state index contributed by atoms with van der Waals surface area (Å²) in [5, 5.41) is 0. The van der Waals surface area contributed by atoms with Crippen molar-refractivity contribution in [2.45, 2.75) is 52.6 Å². The Labute approximate surface area is 130 Å². The fourth-order valence-electron chi connectivity index (χ4n) is 2.27. The van der Waals surface area contributed by atoms with Crippen LogP contribution in [0.25, 0.3) is 0 Å². The van der Waals surface area contributed by atoms with Gasteiger partial charge in [0, 0.05) is 23.0 Å². The Morgan fingerprint density at radius 2 is 1.90 bits per heavy atom. The van der Waals surface area contributed by atoms with E-state index in [4.69, 9.17) is 4.74 Å². The summed E-state index contributed by atoms with van der Waals surface area (Å²) in [4.78, 5) is 14.1. The summed E-state index contributed by atoms with van der Waals surface area (Å²) in [5.74, 6) is 1.03. The average molecular weight is 342 g/mol. The molecule has 3 nitrogen and oxygen atoms in total. The molecule has 1 aromatic rings. The highest BCUT2D eigenvalue weighted by Crippen LogP contribution is 2.18. The van der Waals surface area contributed by atoms with Crippen molar-refractivity contribution < 1.29 is 9.53 Å². The monoisotopic (exact) mass is 341 g/mol. The van der Waals surface area contributed by atoms with E-state index in [9.17, 15) is 4.79 Å². The van der Waals surface area contributed by atoms with E-state index in [2.05, 4.69) is 43.6 Å². The first-order valence-corrected chi connectivity index (χ1v) is 7.90. The van der Waals surface area contributed by atoms with Crippen molar-refractivity contribution >= 4 is 21.8 Å². The minimum absolute atomic E-state index is 0.202. The molecule has 4 heteroatoms. The van der Waals surface area contributed by atoms with Crippen molar-refractivity contribution in [1.29, 1.82) is 0 Å². The maximum atomic E-state index is 12.2. The van der Waals surface area contributed by atoms with Crippen LogP contribution in [-0.4, -0.2) is 29.5 Å². The fourth-order valence-corrected chi connectivity index (χ4v) is 2.65. The van der Waals surface area contributed by atoms with E-state index >= 15 is 0 Å². The summed E-state index contributed by atoms with van der Waals surface area (Å²) in [6.45, 7) is 8.77. The van der Waals surface area contributed by atoms with E-state index < -0.39 is 0 Å². The van der Waals surface area contributed by atoms with E-state index in [1.54, 1.807) is 0 Å². The van der Waals surface area contributed by atoms with Gasteiger partial charge >= 0.3 is 0 Å². The highest BCUT2D eigenvalue weighted by molar-refractivity contribution is 9.10. The van der Waals surface area contributed by atoms with E-state index in [1.807, 2.05) is 29.2 Å². The van der Waals surface area contributed by atoms with E-state index in [1.165, 1.54) is 0 Å². The summed E-state index contributed by atoms with van der Waals surface area (Å²) < 4.78 is 6.63. The summed E-state index contributed by atoms with van der Waals surface area (Å²) in [7, 11) is 0. The van der Waals surface area contributed by atoms with Crippen LogP contribution in [-0.2, 0) is 4.79 Å². The number of rotatable bonds is 7. The van der Waals surface area contributed by atoms with Crippen LogP contribution >= 0.6 is 15.9 Å². The topological polar surface area (TPSA) is 29.5 Å². The van der Waals surface area contributed by atoms with Crippen LogP contribution in [0.5, 0.6) is 5.75 Å². The zero-order chi connectivity index (χ0) is 15.1. The molecule has 112 valence electrons. The van der Waals surface area contributed by atoms with Gasteiger partial charge in [-0.3, -0.25) is 4.79 Å². The molecule has 0 aromatic heterocycles. The molecular weight excluding hydrogens is 318 g/mol. The molecule has 0 unspecified atom stereocenters. The van der Waals surface area contributed by atoms with Gasteiger partial charge in [0.2, 0.25) is 5.91 Å². The summed E-state index contributed by atoms with van der Waals surface area (Å²) in [6.07, 6.45) is 1.27. The van der Waals surface area contributed by atoms with Crippen LogP contribution in [0.4, 0.5) is 0 Å². The molecule has 1 amide bonds. The second kappa shape index (κ2) is 8.30. The van der Waals surface area contributed by atoms with Crippen molar-refractivity contribution in [2.75, 3.05) is 6.61 Å². The molecule has 0 spiro atoms. The van der Waals surface area contributed by atoms with Gasteiger partial charge in [-0.25, -0.2) is 0 Å². The Hall–Kier alpha value is -1.03. The van der Waals surface area contributed by atoms with Crippen LogP contribution in [0.1, 0.15) is 40.5 Å². The smallest absolute Gasteiger partial charge is 0.223 e. The molecule has 0 N–H and O–H groups in total. The Balaban J connectivity index is 2.35. The first-order valence-electron chi connectivity index (χ1n) is 7.11. The van der Waals surface area contributed by atoms with Gasteiger partial charge in [0.15, 0.2) is 0 Å². The molecule has 0 aliphatic heterocycles. The maximum absolute atomic E-state index is 12.2. The molecular formula is C16H24BrNO2. The lowest BCUT2D eigenvalue weighted by atomic mass is 10.2. The Morgan fingerprint density at radius 3 is 2.45 bits per heavy atom. The van der Waals surface area contributed by atoms with Gasteiger partial charge in [0.1, 0.15) is 5.75 Å². The van der Waals surface area contributed by atoms with E-state index in [0.717, 1.165) is 16.6 Å². The van der Waals surface area contributed by atoms with Crippen molar-refractivity contribution in [3.05, 3.63) is 28.7 Å². The van der Waals surface area contributed by atoms with Gasteiger partial charge in [0.25, 0.3) is 0 Å². The third-order valence-electron chi connectivity index (χ3n) is 3.00. The summed E-state index contributed by atoms with van der Waals surface area (Å²) in [6, 6.07) is 8.22. The molecule has 0 aliphatic rings. The SMILES string of the molecule is CC(C)N(C(=O)CCCOc1cccc(Br)c1)C(C)C. The first-order chi connectivity index (χ1) is 9.41. The van der Waals surface area contributed by atoms with Crippen LogP contribution < -0.4 is 4.74 Å². The molecule has 1 rings (SSSR count). The third-order valence-corrected chi connectivity index (χ3v) is 3.49. The number of ether oxygens (including phenoxy) is 1. The highest BCUT2D eigenvalue weighted by atomic mass is 79.9. The average Bonchev–Trinajstić information content (AvgIpc) is 2.34. The van der Waals surface area contributed by atoms with Crippen LogP contribution in [0, 0.1) is 0 Å². The van der Waals surface area contributed by atoms with Gasteiger partial charge in [-0.05, 0) is 52.3 Å². The number of nitrogens with zero attached hydrogens (tertiary/aromatic N) is 1. The van der Waals surface area contributed by atoms with Crippen LogP contribution in [0.3, 0.4) is 0 Å². The van der Waals surface area contributed by atoms with Crippen molar-refractivity contribution in [3.63, 3.8) is 0 Å². The number of hydrogen-bond acceptors (Lipinski definition) is 2. The minimum atomic E-state index is 0.202. The fraction of sp³-hybridized carbons (Fsp3) is 0.562. The number of benzene rings is 1. The molecule has 0 bridgehead atoms. The van der Waals surface area contributed by atoms with Crippen LogP contribution in [0.15, 0.2) is 28.7 Å². The third kappa shape index (κ3) is 5.53. The first kappa shape index (κ1) is 17.0. The molecule has 0 heterocycles. The Bertz CT molecular complexity index is 424. The molecule has 0 atom stereocenters. The van der Waals surface area contributed by atoms with E-state index in [-0.39, 0.29) is 18.0 Å². The number of amides is 1. The van der Waals surface area contributed by atoms with E-state index in [0.29, 0.717) is 13.0 Å². The van der Waals surface area contributed by atoms with Gasteiger partial charge < -0.3 is 9.64 Å². The maximum Gasteiger partial charge on any atom is 0.223 e. The molecule has 1 aromatic carbocycles. The standard InChI is InChI=1S/C16H24BrNO2/c1-12(2)18(13(3)4)16(19)9-6-10-20-15-8-5-7-14(17)11-15/h5,7-8,11-13H,6,9-10H2,1-4H3. The van der Waals surface area contributed by atoms with Gasteiger partial charge in [-0.1, -0.05) is 22.0 Å². The predicted octanol–water partition coefficient (Wildman–Crippen LogP) is 4.25. The number of carbonyl (C=O) groups excluding carboxylic acids is 1.